The normalized spacial score (nSPS) is 14.8. The quantitative estimate of drug-likeness (QED) is 0.0146. The molecule has 514 valence electrons. The largest absolute Gasteiger partial charge is 0.472 e. The number of carbonyl (C=O) groups excluding carboxylic acids is 3. The second kappa shape index (κ2) is 64.6. The number of aliphatic hydroxyl groups excluding tert-OH is 2. The van der Waals surface area contributed by atoms with Gasteiger partial charge >= 0.3 is 33.6 Å². The van der Waals surface area contributed by atoms with Crippen molar-refractivity contribution in [1.82, 2.24) is 0 Å². The number of allylic oxidation sites excluding steroid dienone is 16. The molecule has 16 nitrogen and oxygen atoms in total. The topological polar surface area (TPSA) is 231 Å². The third kappa shape index (κ3) is 65.8. The van der Waals surface area contributed by atoms with E-state index in [1.54, 1.807) is 0 Å². The molecule has 0 spiro atoms. The number of esters is 3. The molecule has 0 aromatic carbocycles. The maximum atomic E-state index is 12.9. The molecule has 0 saturated carbocycles. The summed E-state index contributed by atoms with van der Waals surface area (Å²) >= 11 is 0. The average molecular weight is 1300 g/mol. The van der Waals surface area contributed by atoms with Crippen LogP contribution in [-0.4, -0.2) is 95.9 Å². The molecule has 5 atom stereocenters. The summed E-state index contributed by atoms with van der Waals surface area (Å²) < 4.78 is 60.9. The maximum Gasteiger partial charge on any atom is 0.472 e. The maximum absolute atomic E-state index is 12.9. The minimum atomic E-state index is -4.93. The summed E-state index contributed by atoms with van der Waals surface area (Å²) in [5, 5.41) is 20.5. The van der Waals surface area contributed by atoms with Crippen LogP contribution in [0, 0.1) is 0 Å². The number of hydrogen-bond donors (Lipinski definition) is 4. The second-order valence-electron chi connectivity index (χ2n) is 22.9. The molecule has 0 aliphatic rings. The third-order valence-corrected chi connectivity index (χ3v) is 16.2. The van der Waals surface area contributed by atoms with E-state index in [0.29, 0.717) is 19.3 Å². The molecule has 4 N–H and O–H groups in total. The number of aliphatic hydroxyl groups is 2. The fourth-order valence-corrected chi connectivity index (χ4v) is 10.6. The third-order valence-electron chi connectivity index (χ3n) is 14.3. The van der Waals surface area contributed by atoms with Crippen molar-refractivity contribution in [2.75, 3.05) is 39.6 Å². The van der Waals surface area contributed by atoms with Crippen molar-refractivity contribution >= 4 is 33.6 Å². The van der Waals surface area contributed by atoms with Gasteiger partial charge < -0.3 is 34.2 Å². The Hall–Kier alpha value is -3.53. The van der Waals surface area contributed by atoms with Crippen LogP contribution in [0.3, 0.4) is 0 Å². The number of ether oxygens (including phenoxy) is 3. The average Bonchev–Trinajstić information content (AvgIpc) is 3.72. The van der Waals surface area contributed by atoms with Gasteiger partial charge in [-0.15, -0.1) is 0 Å². The molecule has 0 amide bonds. The number of rotatable bonds is 65. The molecule has 0 rings (SSSR count). The summed E-state index contributed by atoms with van der Waals surface area (Å²) in [6, 6.07) is 0. The van der Waals surface area contributed by atoms with Gasteiger partial charge in [0.05, 0.1) is 26.4 Å². The van der Waals surface area contributed by atoms with Crippen molar-refractivity contribution in [3.8, 4) is 0 Å². The molecule has 89 heavy (non-hydrogen) atoms. The van der Waals surface area contributed by atoms with Crippen LogP contribution in [-0.2, 0) is 55.8 Å². The lowest BCUT2D eigenvalue weighted by molar-refractivity contribution is -0.161. The highest BCUT2D eigenvalue weighted by Crippen LogP contribution is 2.45. The van der Waals surface area contributed by atoms with Crippen molar-refractivity contribution in [1.29, 1.82) is 0 Å². The van der Waals surface area contributed by atoms with E-state index in [1.165, 1.54) is 64.2 Å². The lowest BCUT2D eigenvalue weighted by Crippen LogP contribution is -2.30. The zero-order chi connectivity index (χ0) is 65.3. The number of phosphoric ester groups is 2. The van der Waals surface area contributed by atoms with E-state index in [2.05, 4.69) is 118 Å². The SMILES string of the molecule is CC/C=C\C/C=C\C/C=C\CCCCCCCC(=O)OCC(COP(=O)(O)OCC(O)COP(=O)(O)OCC(O)COC(=O)CCCCCCCCC/C=C\C/C=C\C/C=C\C/C=C\CCCCC)OC(=O)CCCCCCC/C=C\CCCCCCCC. The van der Waals surface area contributed by atoms with Gasteiger partial charge in [-0.3, -0.25) is 32.5 Å². The summed E-state index contributed by atoms with van der Waals surface area (Å²) in [5.74, 6) is -1.61. The monoisotopic (exact) mass is 1290 g/mol. The van der Waals surface area contributed by atoms with Crippen LogP contribution in [0.15, 0.2) is 97.2 Å². The Kier molecular flexibility index (Phi) is 62.0. The zero-order valence-electron chi connectivity index (χ0n) is 55.6. The van der Waals surface area contributed by atoms with Crippen LogP contribution in [0.25, 0.3) is 0 Å². The fraction of sp³-hybridized carbons (Fsp3) is 0.732. The first-order valence-corrected chi connectivity index (χ1v) is 37.5. The summed E-state index contributed by atoms with van der Waals surface area (Å²) in [6.45, 7) is 2.48. The number of unbranched alkanes of at least 4 members (excludes halogenated alkanes) is 26. The van der Waals surface area contributed by atoms with Crippen LogP contribution >= 0.6 is 15.6 Å². The molecule has 0 aliphatic carbocycles. The van der Waals surface area contributed by atoms with Gasteiger partial charge in [0.25, 0.3) is 0 Å². The van der Waals surface area contributed by atoms with Gasteiger partial charge in [-0.25, -0.2) is 9.13 Å². The molecular formula is C71H124O16P2. The van der Waals surface area contributed by atoms with Gasteiger partial charge in [0.2, 0.25) is 0 Å². The minimum absolute atomic E-state index is 0.0901. The van der Waals surface area contributed by atoms with Crippen molar-refractivity contribution in [2.45, 2.75) is 296 Å². The predicted octanol–water partition coefficient (Wildman–Crippen LogP) is 19.1. The first-order valence-electron chi connectivity index (χ1n) is 34.5. The van der Waals surface area contributed by atoms with Gasteiger partial charge in [0.15, 0.2) is 6.10 Å². The molecule has 0 aromatic heterocycles. The van der Waals surface area contributed by atoms with Gasteiger partial charge in [0, 0.05) is 19.3 Å². The van der Waals surface area contributed by atoms with Crippen molar-refractivity contribution in [3.63, 3.8) is 0 Å². The summed E-state index contributed by atoms with van der Waals surface area (Å²) in [6.07, 6.45) is 70.3. The summed E-state index contributed by atoms with van der Waals surface area (Å²) in [5.41, 5.74) is 0. The molecule has 18 heteroatoms. The molecule has 0 aliphatic heterocycles. The van der Waals surface area contributed by atoms with Crippen LogP contribution in [0.1, 0.15) is 278 Å². The standard InChI is InChI=1S/C71H124O16P2/c1-4-7-10-13-16-19-22-25-28-29-30-31-32-33-34-35-38-40-42-45-48-51-54-57-69(74)81-60-66(72)61-83-88(77,78)84-62-67(73)63-85-89(79,80)86-65-68(87-71(76)59-56-53-50-47-44-41-37-27-24-21-18-15-12-9-6-3)64-82-70(75)58-55-52-49-46-43-39-36-26-23-20-17-14-11-8-5-2/h8,11,16-17,19-20,25-28,30-31,33-34,36-37,66-68,72-73H,4-7,9-10,12-15,18,21-24,29,32,35,38-65H2,1-3H3,(H,77,78)(H,79,80)/b11-8-,19-16-,20-17-,28-25-,31-30-,34-33-,36-26-,37-27-. The lowest BCUT2D eigenvalue weighted by Gasteiger charge is -2.21. The van der Waals surface area contributed by atoms with E-state index in [4.69, 9.17) is 32.3 Å². The van der Waals surface area contributed by atoms with E-state index in [1.807, 2.05) is 0 Å². The molecule has 0 radical (unpaired) electrons. The Bertz CT molecular complexity index is 2010. The zero-order valence-corrected chi connectivity index (χ0v) is 57.4. The van der Waals surface area contributed by atoms with Crippen molar-refractivity contribution in [3.05, 3.63) is 97.2 Å². The first kappa shape index (κ1) is 85.5. The van der Waals surface area contributed by atoms with E-state index < -0.39 is 91.5 Å². The number of carbonyl (C=O) groups is 3. The number of phosphoric acid groups is 2. The van der Waals surface area contributed by atoms with Gasteiger partial charge in [-0.1, -0.05) is 234 Å². The first-order chi connectivity index (χ1) is 43.2. The lowest BCUT2D eigenvalue weighted by atomic mass is 10.1. The molecule has 0 aromatic rings. The number of hydrogen-bond acceptors (Lipinski definition) is 14. The molecule has 0 bridgehead atoms. The Morgan fingerprint density at radius 1 is 0.326 bits per heavy atom. The van der Waals surface area contributed by atoms with E-state index >= 15 is 0 Å². The van der Waals surface area contributed by atoms with Gasteiger partial charge in [-0.2, -0.15) is 0 Å². The summed E-state index contributed by atoms with van der Waals surface area (Å²) in [4.78, 5) is 58.3. The minimum Gasteiger partial charge on any atom is -0.463 e. The highest BCUT2D eigenvalue weighted by molar-refractivity contribution is 7.47. The molecular weight excluding hydrogens is 1170 g/mol. The molecule has 0 fully saturated rings. The van der Waals surface area contributed by atoms with Crippen LogP contribution in [0.5, 0.6) is 0 Å². The second-order valence-corrected chi connectivity index (χ2v) is 25.8. The van der Waals surface area contributed by atoms with Crippen LogP contribution in [0.2, 0.25) is 0 Å². The smallest absolute Gasteiger partial charge is 0.463 e. The molecule has 0 heterocycles. The van der Waals surface area contributed by atoms with E-state index in [-0.39, 0.29) is 19.3 Å². The Morgan fingerprint density at radius 3 is 0.978 bits per heavy atom. The fourth-order valence-electron chi connectivity index (χ4n) is 8.97. The summed E-state index contributed by atoms with van der Waals surface area (Å²) in [7, 11) is -9.78. The Balaban J connectivity index is 4.62. The van der Waals surface area contributed by atoms with E-state index in [9.17, 15) is 43.5 Å². The van der Waals surface area contributed by atoms with Crippen molar-refractivity contribution in [2.24, 2.45) is 0 Å². The molecule has 0 saturated heterocycles. The molecule has 5 unspecified atom stereocenters. The van der Waals surface area contributed by atoms with Gasteiger partial charge in [0.1, 0.15) is 25.4 Å². The highest BCUT2D eigenvalue weighted by Gasteiger charge is 2.29. The highest BCUT2D eigenvalue weighted by atomic mass is 31.2. The predicted molar refractivity (Wildman–Crippen MR) is 362 cm³/mol. The van der Waals surface area contributed by atoms with E-state index in [0.717, 1.165) is 154 Å². The van der Waals surface area contributed by atoms with Crippen LogP contribution in [0.4, 0.5) is 0 Å². The Morgan fingerprint density at radius 2 is 0.596 bits per heavy atom. The van der Waals surface area contributed by atoms with Gasteiger partial charge in [-0.05, 0) is 122 Å². The van der Waals surface area contributed by atoms with Crippen LogP contribution < -0.4 is 0 Å². The van der Waals surface area contributed by atoms with Crippen molar-refractivity contribution < 1.29 is 75.8 Å². The Labute approximate surface area is 539 Å².